The molecule has 0 saturated carbocycles. The van der Waals surface area contributed by atoms with Crippen LogP contribution >= 0.6 is 11.3 Å². The Morgan fingerprint density at radius 1 is 1.04 bits per heavy atom. The minimum absolute atomic E-state index is 0.00344. The molecule has 0 radical (unpaired) electrons. The molecular weight excluding hydrogens is 366 g/mol. The number of amides is 1. The molecule has 3 aromatic carbocycles. The van der Waals surface area contributed by atoms with Crippen molar-refractivity contribution in [1.29, 1.82) is 0 Å². The van der Waals surface area contributed by atoms with Crippen molar-refractivity contribution in [3.05, 3.63) is 71.8 Å². The van der Waals surface area contributed by atoms with E-state index in [2.05, 4.69) is 39.2 Å². The van der Waals surface area contributed by atoms with Gasteiger partial charge in [0.15, 0.2) is 5.13 Å². The zero-order chi connectivity index (χ0) is 19.7. The van der Waals surface area contributed by atoms with Gasteiger partial charge < -0.3 is 4.90 Å². The predicted molar refractivity (Wildman–Crippen MR) is 118 cm³/mol. The smallest absolute Gasteiger partial charge is 0.260 e. The molecule has 0 bridgehead atoms. The fourth-order valence-electron chi connectivity index (χ4n) is 3.29. The standard InChI is InChI=1S/C23H23N3OS/c1-16-7-6-10-20-21(16)24-23(28-20)26(14-13-25(2)3)22(27)19-12-11-17-8-4-5-9-18(17)15-19/h4-12,15H,13-14H2,1-3H3/p+1. The Labute approximate surface area is 169 Å². The van der Waals surface area contributed by atoms with E-state index in [0.29, 0.717) is 12.1 Å². The van der Waals surface area contributed by atoms with E-state index in [1.165, 1.54) is 4.90 Å². The number of benzene rings is 3. The molecule has 0 aliphatic carbocycles. The summed E-state index contributed by atoms with van der Waals surface area (Å²) in [5.74, 6) is 0.00344. The Morgan fingerprint density at radius 2 is 1.82 bits per heavy atom. The van der Waals surface area contributed by atoms with Crippen molar-refractivity contribution in [2.75, 3.05) is 32.1 Å². The van der Waals surface area contributed by atoms with Gasteiger partial charge in [0.2, 0.25) is 0 Å². The zero-order valence-corrected chi connectivity index (χ0v) is 17.2. The van der Waals surface area contributed by atoms with Crippen LogP contribution in [0, 0.1) is 6.92 Å². The second-order valence-electron chi connectivity index (χ2n) is 7.39. The van der Waals surface area contributed by atoms with E-state index in [1.807, 2.05) is 47.4 Å². The number of thiazole rings is 1. The number of hydrogen-bond donors (Lipinski definition) is 1. The van der Waals surface area contributed by atoms with Crippen LogP contribution in [0.25, 0.3) is 21.0 Å². The van der Waals surface area contributed by atoms with Crippen molar-refractivity contribution in [3.63, 3.8) is 0 Å². The Morgan fingerprint density at radius 3 is 2.57 bits per heavy atom. The minimum Gasteiger partial charge on any atom is -0.338 e. The first-order valence-electron chi connectivity index (χ1n) is 9.49. The summed E-state index contributed by atoms with van der Waals surface area (Å²) in [7, 11) is 4.20. The van der Waals surface area contributed by atoms with Crippen LogP contribution in [-0.4, -0.2) is 38.1 Å². The number of rotatable bonds is 5. The van der Waals surface area contributed by atoms with Crippen LogP contribution in [0.4, 0.5) is 5.13 Å². The molecule has 1 amide bonds. The van der Waals surface area contributed by atoms with E-state index in [4.69, 9.17) is 4.98 Å². The van der Waals surface area contributed by atoms with Gasteiger partial charge in [-0.25, -0.2) is 4.98 Å². The van der Waals surface area contributed by atoms with Crippen LogP contribution in [0.5, 0.6) is 0 Å². The van der Waals surface area contributed by atoms with Gasteiger partial charge in [0.05, 0.1) is 37.4 Å². The van der Waals surface area contributed by atoms with E-state index in [9.17, 15) is 4.79 Å². The summed E-state index contributed by atoms with van der Waals surface area (Å²) in [6.45, 7) is 3.55. The molecule has 4 rings (SSSR count). The predicted octanol–water partition coefficient (Wildman–Crippen LogP) is 3.55. The highest BCUT2D eigenvalue weighted by Crippen LogP contribution is 2.31. The number of aromatic nitrogens is 1. The number of likely N-dealkylation sites (N-methyl/N-ethyl adjacent to an activating group) is 1. The lowest BCUT2D eigenvalue weighted by molar-refractivity contribution is -0.856. The van der Waals surface area contributed by atoms with Gasteiger partial charge in [0.25, 0.3) is 5.91 Å². The molecular formula is C23H24N3OS+. The number of anilines is 1. The molecule has 0 spiro atoms. The molecule has 142 valence electrons. The first-order valence-corrected chi connectivity index (χ1v) is 10.3. The minimum atomic E-state index is 0.00344. The molecule has 1 heterocycles. The largest absolute Gasteiger partial charge is 0.338 e. The van der Waals surface area contributed by atoms with E-state index in [1.54, 1.807) is 11.3 Å². The van der Waals surface area contributed by atoms with Gasteiger partial charge in [-0.3, -0.25) is 9.69 Å². The van der Waals surface area contributed by atoms with Crippen molar-refractivity contribution < 1.29 is 9.69 Å². The van der Waals surface area contributed by atoms with E-state index in [0.717, 1.165) is 38.2 Å². The van der Waals surface area contributed by atoms with Gasteiger partial charge in [0.1, 0.15) is 0 Å². The van der Waals surface area contributed by atoms with Gasteiger partial charge >= 0.3 is 0 Å². The van der Waals surface area contributed by atoms with Crippen molar-refractivity contribution in [2.45, 2.75) is 6.92 Å². The Bertz CT molecular complexity index is 1150. The highest BCUT2D eigenvalue weighted by atomic mass is 32.1. The quantitative estimate of drug-likeness (QED) is 0.566. The molecule has 0 aliphatic heterocycles. The zero-order valence-electron chi connectivity index (χ0n) is 16.4. The summed E-state index contributed by atoms with van der Waals surface area (Å²) in [6, 6.07) is 20.2. The topological polar surface area (TPSA) is 37.6 Å². The highest BCUT2D eigenvalue weighted by molar-refractivity contribution is 7.22. The van der Waals surface area contributed by atoms with Crippen molar-refractivity contribution >= 4 is 43.4 Å². The average molecular weight is 391 g/mol. The van der Waals surface area contributed by atoms with Gasteiger partial charge in [-0.05, 0) is 41.5 Å². The maximum atomic E-state index is 13.4. The average Bonchev–Trinajstić information content (AvgIpc) is 3.12. The van der Waals surface area contributed by atoms with Crippen LogP contribution in [0.1, 0.15) is 15.9 Å². The van der Waals surface area contributed by atoms with Crippen molar-refractivity contribution in [3.8, 4) is 0 Å². The SMILES string of the molecule is Cc1cccc2sc(N(CC[NH+](C)C)C(=O)c3ccc4ccccc4c3)nc12. The number of fused-ring (bicyclic) bond motifs is 2. The van der Waals surface area contributed by atoms with Crippen LogP contribution in [0.3, 0.4) is 0 Å². The van der Waals surface area contributed by atoms with E-state index < -0.39 is 0 Å². The first-order chi connectivity index (χ1) is 13.5. The second kappa shape index (κ2) is 7.70. The molecule has 1 aromatic heterocycles. The third-order valence-corrected chi connectivity index (χ3v) is 5.96. The number of nitrogens with one attached hydrogen (secondary N) is 1. The molecule has 0 aliphatic rings. The second-order valence-corrected chi connectivity index (χ2v) is 8.40. The third kappa shape index (κ3) is 3.63. The maximum Gasteiger partial charge on any atom is 0.260 e. The molecule has 0 saturated heterocycles. The van der Waals surface area contributed by atoms with Gasteiger partial charge in [-0.2, -0.15) is 0 Å². The van der Waals surface area contributed by atoms with Crippen LogP contribution in [-0.2, 0) is 0 Å². The van der Waals surface area contributed by atoms with E-state index >= 15 is 0 Å². The summed E-state index contributed by atoms with van der Waals surface area (Å²) >= 11 is 1.58. The number of carbonyl (C=O) groups is 1. The Kier molecular flexibility index (Phi) is 5.11. The number of carbonyl (C=O) groups excluding carboxylic acids is 1. The number of quaternary nitrogens is 1. The van der Waals surface area contributed by atoms with Crippen LogP contribution in [0.2, 0.25) is 0 Å². The fraction of sp³-hybridized carbons (Fsp3) is 0.217. The maximum absolute atomic E-state index is 13.4. The number of nitrogens with zero attached hydrogens (tertiary/aromatic N) is 2. The lowest BCUT2D eigenvalue weighted by atomic mass is 10.1. The molecule has 0 unspecified atom stereocenters. The van der Waals surface area contributed by atoms with Crippen LogP contribution < -0.4 is 9.80 Å². The van der Waals surface area contributed by atoms with Gasteiger partial charge in [-0.15, -0.1) is 0 Å². The summed E-state index contributed by atoms with van der Waals surface area (Å²) in [6.07, 6.45) is 0. The Balaban J connectivity index is 1.75. The fourth-order valence-corrected chi connectivity index (χ4v) is 4.36. The normalized spacial score (nSPS) is 11.4. The summed E-state index contributed by atoms with van der Waals surface area (Å²) < 4.78 is 1.11. The lowest BCUT2D eigenvalue weighted by Crippen LogP contribution is -3.06. The summed E-state index contributed by atoms with van der Waals surface area (Å²) in [5, 5.41) is 2.98. The summed E-state index contributed by atoms with van der Waals surface area (Å²) in [5.41, 5.74) is 2.82. The van der Waals surface area contributed by atoms with Crippen molar-refractivity contribution in [2.24, 2.45) is 0 Å². The molecule has 1 N–H and O–H groups in total. The molecule has 4 nitrogen and oxygen atoms in total. The lowest BCUT2D eigenvalue weighted by Gasteiger charge is -2.21. The third-order valence-electron chi connectivity index (χ3n) is 4.92. The van der Waals surface area contributed by atoms with Gasteiger partial charge in [-0.1, -0.05) is 53.8 Å². The van der Waals surface area contributed by atoms with E-state index in [-0.39, 0.29) is 5.91 Å². The number of aryl methyl sites for hydroxylation is 1. The van der Waals surface area contributed by atoms with Gasteiger partial charge in [0, 0.05) is 5.56 Å². The molecule has 5 heteroatoms. The number of para-hydroxylation sites is 1. The Hall–Kier alpha value is -2.76. The van der Waals surface area contributed by atoms with Crippen LogP contribution in [0.15, 0.2) is 60.7 Å². The summed E-state index contributed by atoms with van der Waals surface area (Å²) in [4.78, 5) is 21.4. The van der Waals surface area contributed by atoms with Crippen molar-refractivity contribution in [1.82, 2.24) is 4.98 Å². The molecule has 0 fully saturated rings. The molecule has 0 atom stereocenters. The monoisotopic (exact) mass is 390 g/mol. The molecule has 4 aromatic rings. The number of hydrogen-bond acceptors (Lipinski definition) is 3. The highest BCUT2D eigenvalue weighted by Gasteiger charge is 2.22. The first kappa shape index (κ1) is 18.6. The molecule has 28 heavy (non-hydrogen) atoms.